The van der Waals surface area contributed by atoms with E-state index in [1.807, 2.05) is 0 Å². The molecule has 4 unspecified atom stereocenters. The van der Waals surface area contributed by atoms with Crippen LogP contribution in [-0.2, 0) is 14.3 Å². The lowest BCUT2D eigenvalue weighted by Gasteiger charge is -2.50. The fourth-order valence-corrected chi connectivity index (χ4v) is 7.09. The number of allylic oxidation sites excluding steroid dienone is 4. The Morgan fingerprint density at radius 1 is 0.694 bits per heavy atom. The summed E-state index contributed by atoms with van der Waals surface area (Å²) >= 11 is 0. The molecule has 204 valence electrons. The number of carbonyl (C=O) groups excluding carboxylic acids is 3. The van der Waals surface area contributed by atoms with Gasteiger partial charge in [0, 0.05) is 22.7 Å². The third kappa shape index (κ3) is 6.51. The topological polar surface area (TPSA) is 122 Å². The van der Waals surface area contributed by atoms with E-state index in [2.05, 4.69) is 55.4 Å². The molecule has 0 bridgehead atoms. The number of primary amides is 2. The molecule has 2 aliphatic rings. The molecule has 2 amide bonds. The summed E-state index contributed by atoms with van der Waals surface area (Å²) in [4.78, 5) is 38.2. The van der Waals surface area contributed by atoms with Crippen molar-refractivity contribution in [2.45, 2.75) is 93.9 Å². The summed E-state index contributed by atoms with van der Waals surface area (Å²) in [6.07, 6.45) is 2.97. The molecule has 4 N–H and O–H groups in total. The fourth-order valence-electron chi connectivity index (χ4n) is 7.09. The highest BCUT2D eigenvalue weighted by atomic mass is 16.5. The predicted octanol–water partition coefficient (Wildman–Crippen LogP) is 6.30. The summed E-state index contributed by atoms with van der Waals surface area (Å²) in [5, 5.41) is 0. The average molecular weight is 505 g/mol. The largest absolute Gasteiger partial charge is 0.449 e. The monoisotopic (exact) mass is 504 g/mol. The summed E-state index contributed by atoms with van der Waals surface area (Å²) in [7, 11) is 0. The van der Waals surface area contributed by atoms with Crippen molar-refractivity contribution < 1.29 is 23.9 Å². The first-order valence-electron chi connectivity index (χ1n) is 13.3. The van der Waals surface area contributed by atoms with Crippen molar-refractivity contribution in [1.82, 2.24) is 0 Å². The molecule has 4 atom stereocenters. The van der Waals surface area contributed by atoms with Gasteiger partial charge in [0.05, 0.1) is 13.2 Å². The maximum atomic E-state index is 14.8. The highest BCUT2D eigenvalue weighted by molar-refractivity contribution is 5.86. The Hall–Kier alpha value is -2.31. The molecular formula is C29H48N2O5. The smallest absolute Gasteiger partial charge is 0.404 e. The van der Waals surface area contributed by atoms with Gasteiger partial charge in [0.2, 0.25) is 0 Å². The van der Waals surface area contributed by atoms with Crippen LogP contribution >= 0.6 is 0 Å². The summed E-state index contributed by atoms with van der Waals surface area (Å²) in [5.41, 5.74) is 14.9. The van der Waals surface area contributed by atoms with E-state index in [1.54, 1.807) is 0 Å². The maximum absolute atomic E-state index is 14.8. The van der Waals surface area contributed by atoms with Crippen molar-refractivity contribution in [3.05, 3.63) is 22.3 Å². The molecule has 0 aromatic rings. The minimum atomic E-state index is -0.816. The van der Waals surface area contributed by atoms with Gasteiger partial charge in [0.1, 0.15) is 5.78 Å². The Morgan fingerprint density at radius 3 is 1.28 bits per heavy atom. The van der Waals surface area contributed by atoms with Gasteiger partial charge < -0.3 is 20.9 Å². The molecule has 0 aliphatic heterocycles. The van der Waals surface area contributed by atoms with E-state index < -0.39 is 23.0 Å². The summed E-state index contributed by atoms with van der Waals surface area (Å²) in [5.74, 6) is -0.467. The second-order valence-corrected chi connectivity index (χ2v) is 12.3. The number of rotatable bonds is 10. The molecule has 0 fully saturated rings. The number of carbonyl (C=O) groups is 3. The quantitative estimate of drug-likeness (QED) is 0.338. The number of ether oxygens (including phenoxy) is 2. The molecule has 0 heterocycles. The zero-order chi connectivity index (χ0) is 27.4. The van der Waals surface area contributed by atoms with Crippen LogP contribution in [0.1, 0.15) is 93.9 Å². The Balaban J connectivity index is 2.63. The van der Waals surface area contributed by atoms with E-state index in [9.17, 15) is 14.4 Å². The zero-order valence-corrected chi connectivity index (χ0v) is 23.7. The van der Waals surface area contributed by atoms with E-state index in [-0.39, 0.29) is 42.7 Å². The normalized spacial score (nSPS) is 26.7. The minimum Gasteiger partial charge on any atom is -0.449 e. The SMILES string of the molecule is CC1=C(C)CC(COC(N)=O)(C(C(=O)C(C(C)C)C2(COC(N)=O)CCC(C)=C(C)C2)C(C)C)CC1. The van der Waals surface area contributed by atoms with Crippen LogP contribution in [0, 0.1) is 34.5 Å². The summed E-state index contributed by atoms with van der Waals surface area (Å²) in [6.45, 7) is 17.0. The molecule has 36 heavy (non-hydrogen) atoms. The van der Waals surface area contributed by atoms with Crippen molar-refractivity contribution in [3.8, 4) is 0 Å². The van der Waals surface area contributed by atoms with Gasteiger partial charge in [0.15, 0.2) is 0 Å². The summed E-state index contributed by atoms with van der Waals surface area (Å²) in [6, 6.07) is 0. The lowest BCUT2D eigenvalue weighted by Crippen LogP contribution is -2.52. The van der Waals surface area contributed by atoms with E-state index >= 15 is 0 Å². The predicted molar refractivity (Wildman–Crippen MR) is 142 cm³/mol. The molecule has 0 saturated heterocycles. The molecule has 0 spiro atoms. The van der Waals surface area contributed by atoms with Gasteiger partial charge in [0.25, 0.3) is 0 Å². The Bertz CT molecular complexity index is 847. The first kappa shape index (κ1) is 29.9. The molecular weight excluding hydrogens is 456 g/mol. The third-order valence-electron chi connectivity index (χ3n) is 8.96. The lowest BCUT2D eigenvalue weighted by molar-refractivity contribution is -0.145. The first-order valence-corrected chi connectivity index (χ1v) is 13.3. The van der Waals surface area contributed by atoms with Crippen LogP contribution in [0.2, 0.25) is 0 Å². The van der Waals surface area contributed by atoms with Gasteiger partial charge in [-0.25, -0.2) is 9.59 Å². The molecule has 7 nitrogen and oxygen atoms in total. The van der Waals surface area contributed by atoms with Crippen LogP contribution in [0.15, 0.2) is 22.3 Å². The van der Waals surface area contributed by atoms with Gasteiger partial charge in [-0.3, -0.25) is 4.79 Å². The van der Waals surface area contributed by atoms with Crippen molar-refractivity contribution in [1.29, 1.82) is 0 Å². The van der Waals surface area contributed by atoms with Crippen LogP contribution in [0.3, 0.4) is 0 Å². The highest BCUT2D eigenvalue weighted by Gasteiger charge is 2.54. The molecule has 7 heteroatoms. The fraction of sp³-hybridized carbons (Fsp3) is 0.759. The van der Waals surface area contributed by atoms with Crippen LogP contribution in [0.25, 0.3) is 0 Å². The van der Waals surface area contributed by atoms with E-state index in [4.69, 9.17) is 20.9 Å². The molecule has 0 radical (unpaired) electrons. The highest BCUT2D eigenvalue weighted by Crippen LogP contribution is 2.54. The molecule has 2 aliphatic carbocycles. The van der Waals surface area contributed by atoms with Crippen LogP contribution in [-0.4, -0.2) is 31.2 Å². The number of ketones is 1. The number of nitrogens with two attached hydrogens (primary N) is 2. The van der Waals surface area contributed by atoms with Crippen molar-refractivity contribution in [3.63, 3.8) is 0 Å². The Morgan fingerprint density at radius 2 is 1.03 bits per heavy atom. The zero-order valence-electron chi connectivity index (χ0n) is 23.7. The minimum absolute atomic E-state index is 0.0255. The van der Waals surface area contributed by atoms with E-state index in [1.165, 1.54) is 22.3 Å². The summed E-state index contributed by atoms with van der Waals surface area (Å²) < 4.78 is 10.9. The molecule has 0 aromatic carbocycles. The molecule has 0 saturated carbocycles. The molecule has 2 rings (SSSR count). The van der Waals surface area contributed by atoms with Crippen molar-refractivity contribution in [2.24, 2.45) is 46.0 Å². The van der Waals surface area contributed by atoms with E-state index in [0.717, 1.165) is 25.7 Å². The lowest BCUT2D eigenvalue weighted by atomic mass is 9.54. The Kier molecular flexibility index (Phi) is 9.83. The third-order valence-corrected chi connectivity index (χ3v) is 8.96. The maximum Gasteiger partial charge on any atom is 0.404 e. The van der Waals surface area contributed by atoms with Gasteiger partial charge in [-0.15, -0.1) is 0 Å². The number of hydrogen-bond acceptors (Lipinski definition) is 5. The number of amides is 2. The standard InChI is InChI=1S/C29H48N2O5/c1-17(2)23(28(15-35-26(30)33)11-9-19(5)21(7)13-28)25(32)24(18(3)4)29(16-36-27(31)34)12-10-20(6)22(8)14-29/h17-18,23-24H,9-16H2,1-8H3,(H2,30,33)(H2,31,34). The van der Waals surface area contributed by atoms with Crippen LogP contribution < -0.4 is 11.5 Å². The van der Waals surface area contributed by atoms with Gasteiger partial charge in [-0.2, -0.15) is 0 Å². The van der Waals surface area contributed by atoms with Gasteiger partial charge in [-0.05, 0) is 78.1 Å². The average Bonchev–Trinajstić information content (AvgIpc) is 2.76. The number of Topliss-reactive ketones (excluding diaryl/α,β-unsaturated/α-hetero) is 1. The first-order chi connectivity index (χ1) is 16.7. The van der Waals surface area contributed by atoms with Gasteiger partial charge >= 0.3 is 12.2 Å². The van der Waals surface area contributed by atoms with Gasteiger partial charge in [-0.1, -0.05) is 50.0 Å². The number of hydrogen-bond donors (Lipinski definition) is 2. The van der Waals surface area contributed by atoms with Crippen LogP contribution in [0.5, 0.6) is 0 Å². The second kappa shape index (κ2) is 11.8. The van der Waals surface area contributed by atoms with E-state index in [0.29, 0.717) is 12.8 Å². The van der Waals surface area contributed by atoms with Crippen molar-refractivity contribution in [2.75, 3.05) is 13.2 Å². The molecule has 0 aromatic heterocycles. The second-order valence-electron chi connectivity index (χ2n) is 12.3. The van der Waals surface area contributed by atoms with Crippen LogP contribution in [0.4, 0.5) is 9.59 Å². The van der Waals surface area contributed by atoms with Crippen molar-refractivity contribution >= 4 is 18.0 Å². The Labute approximate surface area is 217 Å².